The smallest absolute Gasteiger partial charge is 0.0784 e. The van der Waals surface area contributed by atoms with E-state index in [1.165, 1.54) is 0 Å². The standard InChI is InChI=1S/C13H7BrCl4/c14-6-9-7(2-1-3-10(9)15)8-4-5-11(16)13(18)12(8)17/h1-5H,6H2. The van der Waals surface area contributed by atoms with E-state index >= 15 is 0 Å². The molecule has 0 amide bonds. The number of hydrogen-bond acceptors (Lipinski definition) is 0. The van der Waals surface area contributed by atoms with Crippen LogP contribution in [-0.2, 0) is 5.33 Å². The molecule has 0 aliphatic heterocycles. The lowest BCUT2D eigenvalue weighted by Crippen LogP contribution is -1.89. The van der Waals surface area contributed by atoms with E-state index in [0.717, 1.165) is 16.7 Å². The van der Waals surface area contributed by atoms with E-state index < -0.39 is 0 Å². The molecule has 18 heavy (non-hydrogen) atoms. The van der Waals surface area contributed by atoms with Crippen molar-refractivity contribution in [2.24, 2.45) is 0 Å². The van der Waals surface area contributed by atoms with Crippen LogP contribution in [0, 0.1) is 0 Å². The number of benzene rings is 2. The number of alkyl halides is 1. The monoisotopic (exact) mass is 382 g/mol. The Morgan fingerprint density at radius 1 is 0.778 bits per heavy atom. The van der Waals surface area contributed by atoms with Gasteiger partial charge in [-0.1, -0.05) is 80.5 Å². The SMILES string of the molecule is Clc1ccc(-c2cccc(Cl)c2CBr)c(Cl)c1Cl. The normalized spacial score (nSPS) is 10.7. The summed E-state index contributed by atoms with van der Waals surface area (Å²) in [4.78, 5) is 0. The van der Waals surface area contributed by atoms with Crippen LogP contribution in [0.4, 0.5) is 0 Å². The molecule has 0 N–H and O–H groups in total. The van der Waals surface area contributed by atoms with Crippen molar-refractivity contribution >= 4 is 62.3 Å². The topological polar surface area (TPSA) is 0 Å². The summed E-state index contributed by atoms with van der Waals surface area (Å²) < 4.78 is 0. The molecule has 0 saturated carbocycles. The lowest BCUT2D eigenvalue weighted by Gasteiger charge is -2.12. The number of halogens is 5. The molecule has 5 heteroatoms. The summed E-state index contributed by atoms with van der Waals surface area (Å²) >= 11 is 27.8. The Labute approximate surface area is 134 Å². The molecule has 0 fully saturated rings. The van der Waals surface area contributed by atoms with Gasteiger partial charge >= 0.3 is 0 Å². The summed E-state index contributed by atoms with van der Waals surface area (Å²) in [5.74, 6) is 0. The third-order valence-corrected chi connectivity index (χ3v) is 4.79. The third kappa shape index (κ3) is 2.66. The van der Waals surface area contributed by atoms with Crippen molar-refractivity contribution in [1.29, 1.82) is 0 Å². The molecule has 2 aromatic rings. The highest BCUT2D eigenvalue weighted by atomic mass is 79.9. The average Bonchev–Trinajstić information content (AvgIpc) is 2.36. The van der Waals surface area contributed by atoms with Crippen molar-refractivity contribution in [3.63, 3.8) is 0 Å². The first-order valence-electron chi connectivity index (χ1n) is 5.03. The minimum atomic E-state index is 0.358. The highest BCUT2D eigenvalue weighted by Gasteiger charge is 2.14. The minimum absolute atomic E-state index is 0.358. The first kappa shape index (κ1) is 14.5. The van der Waals surface area contributed by atoms with Gasteiger partial charge in [0.15, 0.2) is 0 Å². The fourth-order valence-corrected chi connectivity index (χ4v) is 3.32. The summed E-state index contributed by atoms with van der Waals surface area (Å²) in [6.45, 7) is 0. The lowest BCUT2D eigenvalue weighted by atomic mass is 10.0. The van der Waals surface area contributed by atoms with Gasteiger partial charge in [-0.15, -0.1) is 0 Å². The maximum atomic E-state index is 6.24. The quantitative estimate of drug-likeness (QED) is 0.391. The first-order chi connectivity index (χ1) is 8.56. The van der Waals surface area contributed by atoms with Crippen LogP contribution in [0.2, 0.25) is 20.1 Å². The van der Waals surface area contributed by atoms with Gasteiger partial charge in [0, 0.05) is 15.9 Å². The second kappa shape index (κ2) is 6.02. The Kier molecular flexibility index (Phi) is 4.85. The minimum Gasteiger partial charge on any atom is -0.0875 e. The predicted octanol–water partition coefficient (Wildman–Crippen LogP) is 6.86. The van der Waals surface area contributed by atoms with Crippen LogP contribution >= 0.6 is 62.3 Å². The Bertz CT molecular complexity index is 596. The molecule has 2 rings (SSSR count). The fraction of sp³-hybridized carbons (Fsp3) is 0.0769. The van der Waals surface area contributed by atoms with Crippen molar-refractivity contribution in [2.45, 2.75) is 5.33 Å². The highest BCUT2D eigenvalue weighted by molar-refractivity contribution is 9.08. The molecule has 0 bridgehead atoms. The van der Waals surface area contributed by atoms with Crippen LogP contribution in [-0.4, -0.2) is 0 Å². The zero-order valence-electron chi connectivity index (χ0n) is 8.98. The van der Waals surface area contributed by atoms with Crippen LogP contribution in [0.3, 0.4) is 0 Å². The lowest BCUT2D eigenvalue weighted by molar-refractivity contribution is 1.43. The van der Waals surface area contributed by atoms with E-state index in [-0.39, 0.29) is 0 Å². The van der Waals surface area contributed by atoms with E-state index in [1.54, 1.807) is 6.07 Å². The van der Waals surface area contributed by atoms with Crippen molar-refractivity contribution in [2.75, 3.05) is 0 Å². The molecule has 94 valence electrons. The van der Waals surface area contributed by atoms with Crippen LogP contribution in [0.15, 0.2) is 30.3 Å². The summed E-state index contributed by atoms with van der Waals surface area (Å²) in [6, 6.07) is 9.24. The molecule has 0 atom stereocenters. The van der Waals surface area contributed by atoms with Crippen LogP contribution in [0.25, 0.3) is 11.1 Å². The Morgan fingerprint density at radius 3 is 2.17 bits per heavy atom. The molecule has 0 radical (unpaired) electrons. The average molecular weight is 385 g/mol. The summed E-state index contributed by atoms with van der Waals surface area (Å²) in [5.41, 5.74) is 2.74. The van der Waals surface area contributed by atoms with Gasteiger partial charge < -0.3 is 0 Å². The molecule has 0 nitrogen and oxygen atoms in total. The fourth-order valence-electron chi connectivity index (χ4n) is 1.68. The maximum Gasteiger partial charge on any atom is 0.0784 e. The highest BCUT2D eigenvalue weighted by Crippen LogP contribution is 2.40. The zero-order valence-corrected chi connectivity index (χ0v) is 13.6. The third-order valence-electron chi connectivity index (χ3n) is 2.58. The number of hydrogen-bond donors (Lipinski definition) is 0. The van der Waals surface area contributed by atoms with Gasteiger partial charge in [-0.2, -0.15) is 0 Å². The molecular formula is C13H7BrCl4. The van der Waals surface area contributed by atoms with Gasteiger partial charge in [0.05, 0.1) is 15.1 Å². The van der Waals surface area contributed by atoms with Gasteiger partial charge in [-0.3, -0.25) is 0 Å². The molecule has 0 aliphatic carbocycles. The Morgan fingerprint density at radius 2 is 1.50 bits per heavy atom. The molecule has 0 unspecified atom stereocenters. The van der Waals surface area contributed by atoms with Gasteiger partial charge in [0.25, 0.3) is 0 Å². The van der Waals surface area contributed by atoms with E-state index in [2.05, 4.69) is 15.9 Å². The molecular weight excluding hydrogens is 378 g/mol. The molecule has 0 spiro atoms. The Hall–Kier alpha value is 0.0800. The van der Waals surface area contributed by atoms with Gasteiger partial charge in [0.2, 0.25) is 0 Å². The zero-order chi connectivity index (χ0) is 13.3. The van der Waals surface area contributed by atoms with E-state index in [4.69, 9.17) is 46.4 Å². The van der Waals surface area contributed by atoms with Gasteiger partial charge in [-0.05, 0) is 23.3 Å². The molecule has 0 heterocycles. The largest absolute Gasteiger partial charge is 0.0875 e. The van der Waals surface area contributed by atoms with Crippen LogP contribution < -0.4 is 0 Å². The Balaban J connectivity index is 2.70. The summed E-state index contributed by atoms with van der Waals surface area (Å²) in [6.07, 6.45) is 0. The van der Waals surface area contributed by atoms with Gasteiger partial charge in [0.1, 0.15) is 0 Å². The summed E-state index contributed by atoms with van der Waals surface area (Å²) in [5, 5.41) is 2.56. The van der Waals surface area contributed by atoms with Crippen molar-refractivity contribution in [1.82, 2.24) is 0 Å². The van der Waals surface area contributed by atoms with Crippen molar-refractivity contribution in [3.8, 4) is 11.1 Å². The van der Waals surface area contributed by atoms with Crippen molar-refractivity contribution < 1.29 is 0 Å². The van der Waals surface area contributed by atoms with E-state index in [1.807, 2.05) is 24.3 Å². The van der Waals surface area contributed by atoms with Crippen LogP contribution in [0.5, 0.6) is 0 Å². The molecule has 2 aromatic carbocycles. The first-order valence-corrected chi connectivity index (χ1v) is 7.66. The van der Waals surface area contributed by atoms with E-state index in [0.29, 0.717) is 25.4 Å². The summed E-state index contributed by atoms with van der Waals surface area (Å²) in [7, 11) is 0. The second-order valence-electron chi connectivity index (χ2n) is 3.62. The molecule has 0 aromatic heterocycles. The van der Waals surface area contributed by atoms with Gasteiger partial charge in [-0.25, -0.2) is 0 Å². The van der Waals surface area contributed by atoms with E-state index in [9.17, 15) is 0 Å². The van der Waals surface area contributed by atoms with Crippen LogP contribution in [0.1, 0.15) is 5.56 Å². The maximum absolute atomic E-state index is 6.24. The predicted molar refractivity (Wildman–Crippen MR) is 84.5 cm³/mol. The molecule has 0 aliphatic rings. The molecule has 0 saturated heterocycles. The number of rotatable bonds is 2. The van der Waals surface area contributed by atoms with Crippen molar-refractivity contribution in [3.05, 3.63) is 56.0 Å². The second-order valence-corrected chi connectivity index (χ2v) is 5.75.